The van der Waals surface area contributed by atoms with Crippen molar-refractivity contribution in [1.82, 2.24) is 9.80 Å². The highest BCUT2D eigenvalue weighted by Crippen LogP contribution is 2.59. The Kier molecular flexibility index (Phi) is 9.55. The molecule has 1 unspecified atom stereocenters. The van der Waals surface area contributed by atoms with E-state index >= 15 is 4.79 Å². The number of hydrogen-bond acceptors (Lipinski definition) is 6. The van der Waals surface area contributed by atoms with E-state index in [1.165, 1.54) is 0 Å². The van der Waals surface area contributed by atoms with Crippen LogP contribution in [0.3, 0.4) is 0 Å². The largest absolute Gasteiger partial charge is 0.394 e. The van der Waals surface area contributed by atoms with Gasteiger partial charge in [-0.1, -0.05) is 75.4 Å². The molecular weight excluding hydrogens is 604 g/mol. The molecule has 2 aromatic rings. The first kappa shape index (κ1) is 33.9. The Labute approximate surface area is 284 Å². The van der Waals surface area contributed by atoms with Crippen LogP contribution in [0.2, 0.25) is 0 Å². The van der Waals surface area contributed by atoms with Crippen molar-refractivity contribution >= 4 is 29.1 Å². The molecule has 0 radical (unpaired) electrons. The highest BCUT2D eigenvalue weighted by Gasteiger charge is 2.76. The van der Waals surface area contributed by atoms with E-state index in [1.807, 2.05) is 99.7 Å². The van der Waals surface area contributed by atoms with Gasteiger partial charge in [0.2, 0.25) is 11.8 Å². The third-order valence-corrected chi connectivity index (χ3v) is 10.8. The summed E-state index contributed by atoms with van der Waals surface area (Å²) >= 11 is 0. The van der Waals surface area contributed by atoms with Crippen molar-refractivity contribution in [2.45, 2.75) is 77.3 Å². The summed E-state index contributed by atoms with van der Waals surface area (Å²) in [6.07, 6.45) is 8.72. The van der Waals surface area contributed by atoms with Crippen molar-refractivity contribution in [2.75, 3.05) is 42.6 Å². The summed E-state index contributed by atoms with van der Waals surface area (Å²) < 4.78 is 7.16. The van der Waals surface area contributed by atoms with Gasteiger partial charge in [-0.25, -0.2) is 0 Å². The van der Waals surface area contributed by atoms with Crippen LogP contribution >= 0.6 is 0 Å². The second-order valence-corrected chi connectivity index (χ2v) is 14.0. The summed E-state index contributed by atoms with van der Waals surface area (Å²) in [4.78, 5) is 52.1. The van der Waals surface area contributed by atoms with Crippen molar-refractivity contribution in [1.29, 1.82) is 0 Å². The number of ether oxygens (including phenoxy) is 1. The van der Waals surface area contributed by atoms with Gasteiger partial charge in [-0.05, 0) is 62.4 Å². The minimum absolute atomic E-state index is 0.153. The SMILES string of the molecule is CCN(CC)c1ccc(N2CC=C[C@]34O[C@@]5(CC)C=CCN(Cc6ccccc6)C(=O)[C@H]5[C@H]3C(=O)N([C@@H](CO)CC(C)C)C4C2=O)cc1. The van der Waals surface area contributed by atoms with Crippen LogP contribution in [0.25, 0.3) is 0 Å². The van der Waals surface area contributed by atoms with E-state index in [2.05, 4.69) is 18.7 Å². The molecule has 0 aliphatic carbocycles. The van der Waals surface area contributed by atoms with Crippen molar-refractivity contribution in [2.24, 2.45) is 17.8 Å². The van der Waals surface area contributed by atoms with Crippen molar-refractivity contribution in [3.05, 3.63) is 84.5 Å². The monoisotopic (exact) mass is 654 g/mol. The Balaban J connectivity index is 1.45. The third kappa shape index (κ3) is 5.54. The van der Waals surface area contributed by atoms with E-state index in [-0.39, 0.29) is 30.2 Å². The van der Waals surface area contributed by atoms with Crippen molar-refractivity contribution in [3.63, 3.8) is 0 Å². The van der Waals surface area contributed by atoms with Crippen LogP contribution in [0.15, 0.2) is 78.9 Å². The summed E-state index contributed by atoms with van der Waals surface area (Å²) in [7, 11) is 0. The smallest absolute Gasteiger partial charge is 0.253 e. The normalized spacial score (nSPS) is 28.8. The highest BCUT2D eigenvalue weighted by atomic mass is 16.5. The van der Waals surface area contributed by atoms with Gasteiger partial charge in [-0.3, -0.25) is 14.4 Å². The molecule has 1 N–H and O–H groups in total. The Morgan fingerprint density at radius 1 is 0.875 bits per heavy atom. The summed E-state index contributed by atoms with van der Waals surface area (Å²) in [5.74, 6) is -2.33. The molecule has 2 aromatic carbocycles. The Morgan fingerprint density at radius 3 is 2.19 bits per heavy atom. The van der Waals surface area contributed by atoms with Crippen LogP contribution in [0.1, 0.15) is 53.0 Å². The Morgan fingerprint density at radius 2 is 1.56 bits per heavy atom. The number of hydrogen-bond donors (Lipinski definition) is 1. The first-order valence-electron chi connectivity index (χ1n) is 17.6. The summed E-state index contributed by atoms with van der Waals surface area (Å²) in [5.41, 5.74) is 0.345. The summed E-state index contributed by atoms with van der Waals surface area (Å²) in [6, 6.07) is 16.1. The lowest BCUT2D eigenvalue weighted by molar-refractivity contribution is -0.153. The number of fused-ring (bicyclic) bond motifs is 2. The second-order valence-electron chi connectivity index (χ2n) is 14.0. The first-order chi connectivity index (χ1) is 23.1. The number of aliphatic hydroxyl groups excluding tert-OH is 1. The predicted octanol–water partition coefficient (Wildman–Crippen LogP) is 4.80. The second kappa shape index (κ2) is 13.5. The van der Waals surface area contributed by atoms with E-state index in [1.54, 1.807) is 14.7 Å². The fourth-order valence-electron chi connectivity index (χ4n) is 8.57. The molecule has 0 aromatic heterocycles. The molecule has 256 valence electrons. The zero-order valence-corrected chi connectivity index (χ0v) is 28.9. The lowest BCUT2D eigenvalue weighted by Crippen LogP contribution is -2.59. The fourth-order valence-corrected chi connectivity index (χ4v) is 8.57. The van der Waals surface area contributed by atoms with Crippen molar-refractivity contribution < 1.29 is 24.2 Å². The molecule has 6 rings (SSSR count). The molecule has 3 amide bonds. The minimum atomic E-state index is -1.38. The maximum absolute atomic E-state index is 15.0. The maximum Gasteiger partial charge on any atom is 0.253 e. The van der Waals surface area contributed by atoms with Gasteiger partial charge in [0.15, 0.2) is 0 Å². The molecule has 2 fully saturated rings. The van der Waals surface area contributed by atoms with Crippen molar-refractivity contribution in [3.8, 4) is 0 Å². The number of rotatable bonds is 11. The van der Waals surface area contributed by atoms with E-state index in [4.69, 9.17) is 4.74 Å². The lowest BCUT2D eigenvalue weighted by atomic mass is 9.73. The summed E-state index contributed by atoms with van der Waals surface area (Å²) in [5, 5.41) is 10.7. The molecule has 48 heavy (non-hydrogen) atoms. The quantitative estimate of drug-likeness (QED) is 0.350. The number of nitrogens with zero attached hydrogens (tertiary/aromatic N) is 4. The number of amides is 3. The standard InChI is InChI=1S/C39H50N4O5/c1-6-38-20-12-22-41(25-28-14-10-9-11-15-28)35(45)32(38)33-36(46)43(31(26-44)24-27(4)5)34-37(47)42(23-13-21-39(33,34)48-38)30-18-16-29(17-19-30)40(7-2)8-3/h9-21,27,31-34,44H,6-8,22-26H2,1-5H3/t31-,32-,33+,34?,38+,39+/m1/s1. The van der Waals surface area contributed by atoms with Crippen LogP contribution in [0.4, 0.5) is 11.4 Å². The molecule has 6 atom stereocenters. The molecular formula is C39H50N4O5. The van der Waals surface area contributed by atoms with E-state index in [9.17, 15) is 14.7 Å². The number of likely N-dealkylation sites (tertiary alicyclic amines) is 1. The number of benzene rings is 2. The van der Waals surface area contributed by atoms with E-state index in [0.717, 1.165) is 30.0 Å². The summed E-state index contributed by atoms with van der Waals surface area (Å²) in [6.45, 7) is 12.8. The van der Waals surface area contributed by atoms with Gasteiger partial charge in [0.1, 0.15) is 11.6 Å². The average Bonchev–Trinajstić information content (AvgIpc) is 3.39. The Bertz CT molecular complexity index is 1550. The molecule has 0 bridgehead atoms. The van der Waals surface area contributed by atoms with Gasteiger partial charge >= 0.3 is 0 Å². The molecule has 4 aliphatic rings. The lowest BCUT2D eigenvalue weighted by Gasteiger charge is -2.41. The minimum Gasteiger partial charge on any atom is -0.394 e. The van der Waals surface area contributed by atoms with Gasteiger partial charge in [0, 0.05) is 44.1 Å². The molecule has 1 spiro atoms. The van der Waals surface area contributed by atoms with Gasteiger partial charge in [-0.2, -0.15) is 0 Å². The van der Waals surface area contributed by atoms with Gasteiger partial charge in [-0.15, -0.1) is 0 Å². The molecule has 2 saturated heterocycles. The van der Waals surface area contributed by atoms with Crippen LogP contribution in [0.5, 0.6) is 0 Å². The topological polar surface area (TPSA) is 93.6 Å². The van der Waals surface area contributed by atoms with Crippen LogP contribution in [-0.4, -0.2) is 88.7 Å². The van der Waals surface area contributed by atoms with E-state index in [0.29, 0.717) is 32.5 Å². The van der Waals surface area contributed by atoms with Gasteiger partial charge in [0.05, 0.1) is 30.1 Å². The predicted molar refractivity (Wildman–Crippen MR) is 187 cm³/mol. The zero-order chi connectivity index (χ0) is 34.2. The molecule has 4 heterocycles. The van der Waals surface area contributed by atoms with Gasteiger partial charge < -0.3 is 29.4 Å². The molecule has 0 saturated carbocycles. The van der Waals surface area contributed by atoms with Crippen LogP contribution in [0, 0.1) is 17.8 Å². The zero-order valence-electron chi connectivity index (χ0n) is 28.9. The highest BCUT2D eigenvalue weighted by molar-refractivity contribution is 6.06. The number of carbonyl (C=O) groups is 3. The fraction of sp³-hybridized carbons (Fsp3) is 0.513. The van der Waals surface area contributed by atoms with Crippen LogP contribution < -0.4 is 9.80 Å². The maximum atomic E-state index is 15.0. The molecule has 9 heteroatoms. The number of carbonyl (C=O) groups excluding carboxylic acids is 3. The first-order valence-corrected chi connectivity index (χ1v) is 17.6. The number of aliphatic hydroxyl groups is 1. The van der Waals surface area contributed by atoms with Crippen LogP contribution in [-0.2, 0) is 25.7 Å². The Hall–Kier alpha value is -3.95. The average molecular weight is 655 g/mol. The molecule has 4 aliphatic heterocycles. The third-order valence-electron chi connectivity index (χ3n) is 10.8. The van der Waals surface area contributed by atoms with Gasteiger partial charge in [0.25, 0.3) is 5.91 Å². The number of anilines is 2. The molecule has 9 nitrogen and oxygen atoms in total. The van der Waals surface area contributed by atoms with E-state index < -0.39 is 35.1 Å².